The molecule has 0 saturated heterocycles. The Kier molecular flexibility index (Phi) is 4.73. The van der Waals surface area contributed by atoms with Crippen molar-refractivity contribution in [2.24, 2.45) is 0 Å². The SMILES string of the molecule is Cc1ccc(CNCCc2cccnc2)cc1Cl. The summed E-state index contributed by atoms with van der Waals surface area (Å²) in [6.07, 6.45) is 4.70. The molecule has 0 amide bonds. The van der Waals surface area contributed by atoms with Crippen molar-refractivity contribution < 1.29 is 0 Å². The highest BCUT2D eigenvalue weighted by atomic mass is 35.5. The fourth-order valence-corrected chi connectivity index (χ4v) is 1.96. The summed E-state index contributed by atoms with van der Waals surface area (Å²) in [6, 6.07) is 10.2. The molecule has 0 unspecified atom stereocenters. The van der Waals surface area contributed by atoms with Gasteiger partial charge in [-0.1, -0.05) is 29.8 Å². The third-order valence-electron chi connectivity index (χ3n) is 2.88. The third kappa shape index (κ3) is 3.83. The Balaban J connectivity index is 1.77. The van der Waals surface area contributed by atoms with Gasteiger partial charge >= 0.3 is 0 Å². The first-order chi connectivity index (χ1) is 8.75. The number of aromatic nitrogens is 1. The smallest absolute Gasteiger partial charge is 0.0438 e. The lowest BCUT2D eigenvalue weighted by Gasteiger charge is -2.06. The van der Waals surface area contributed by atoms with E-state index < -0.39 is 0 Å². The molecule has 0 radical (unpaired) electrons. The zero-order valence-electron chi connectivity index (χ0n) is 10.5. The zero-order chi connectivity index (χ0) is 12.8. The van der Waals surface area contributed by atoms with E-state index in [4.69, 9.17) is 11.6 Å². The summed E-state index contributed by atoms with van der Waals surface area (Å²) in [6.45, 7) is 3.80. The van der Waals surface area contributed by atoms with Gasteiger partial charge in [0.2, 0.25) is 0 Å². The number of nitrogens with zero attached hydrogens (tertiary/aromatic N) is 1. The van der Waals surface area contributed by atoms with Crippen LogP contribution in [0.4, 0.5) is 0 Å². The summed E-state index contributed by atoms with van der Waals surface area (Å²) < 4.78 is 0. The maximum absolute atomic E-state index is 6.09. The predicted molar refractivity (Wildman–Crippen MR) is 75.8 cm³/mol. The first kappa shape index (κ1) is 13.1. The highest BCUT2D eigenvalue weighted by molar-refractivity contribution is 6.31. The molecular formula is C15H17ClN2. The predicted octanol–water partition coefficient (Wildman–Crippen LogP) is 3.38. The minimum absolute atomic E-state index is 0.835. The van der Waals surface area contributed by atoms with E-state index in [1.54, 1.807) is 6.20 Å². The molecule has 18 heavy (non-hydrogen) atoms. The van der Waals surface area contributed by atoms with E-state index in [9.17, 15) is 0 Å². The summed E-state index contributed by atoms with van der Waals surface area (Å²) in [7, 11) is 0. The topological polar surface area (TPSA) is 24.9 Å². The lowest BCUT2D eigenvalue weighted by Crippen LogP contribution is -2.16. The quantitative estimate of drug-likeness (QED) is 0.834. The lowest BCUT2D eigenvalue weighted by molar-refractivity contribution is 0.686. The van der Waals surface area contributed by atoms with Gasteiger partial charge in [-0.15, -0.1) is 0 Å². The Labute approximate surface area is 113 Å². The summed E-state index contributed by atoms with van der Waals surface area (Å²) in [5, 5.41) is 4.25. The monoisotopic (exact) mass is 260 g/mol. The van der Waals surface area contributed by atoms with Crippen molar-refractivity contribution in [2.75, 3.05) is 6.54 Å². The van der Waals surface area contributed by atoms with E-state index in [1.165, 1.54) is 11.1 Å². The van der Waals surface area contributed by atoms with Crippen LogP contribution in [0.15, 0.2) is 42.7 Å². The Morgan fingerprint density at radius 2 is 2.11 bits per heavy atom. The number of hydrogen-bond acceptors (Lipinski definition) is 2. The molecule has 0 atom stereocenters. The van der Waals surface area contributed by atoms with Crippen LogP contribution in [0.5, 0.6) is 0 Å². The maximum atomic E-state index is 6.09. The van der Waals surface area contributed by atoms with Crippen LogP contribution in [0.3, 0.4) is 0 Å². The van der Waals surface area contributed by atoms with Crippen molar-refractivity contribution in [3.63, 3.8) is 0 Å². The van der Waals surface area contributed by atoms with Crippen LogP contribution in [0.1, 0.15) is 16.7 Å². The molecular weight excluding hydrogens is 244 g/mol. The third-order valence-corrected chi connectivity index (χ3v) is 3.29. The first-order valence-corrected chi connectivity index (χ1v) is 6.48. The molecule has 0 bridgehead atoms. The molecule has 0 spiro atoms. The van der Waals surface area contributed by atoms with E-state index in [2.05, 4.69) is 28.5 Å². The zero-order valence-corrected chi connectivity index (χ0v) is 11.2. The molecule has 1 aromatic carbocycles. The van der Waals surface area contributed by atoms with Gasteiger partial charge in [-0.05, 0) is 48.7 Å². The van der Waals surface area contributed by atoms with Gasteiger partial charge in [0.1, 0.15) is 0 Å². The van der Waals surface area contributed by atoms with Crippen molar-refractivity contribution >= 4 is 11.6 Å². The van der Waals surface area contributed by atoms with Gasteiger partial charge < -0.3 is 5.32 Å². The number of halogens is 1. The van der Waals surface area contributed by atoms with Gasteiger partial charge in [0, 0.05) is 24.0 Å². The van der Waals surface area contributed by atoms with Gasteiger partial charge in [0.05, 0.1) is 0 Å². The first-order valence-electron chi connectivity index (χ1n) is 6.10. The van der Waals surface area contributed by atoms with Crippen molar-refractivity contribution in [1.82, 2.24) is 10.3 Å². The van der Waals surface area contributed by atoms with Crippen molar-refractivity contribution in [2.45, 2.75) is 19.9 Å². The van der Waals surface area contributed by atoms with Gasteiger partial charge in [-0.25, -0.2) is 0 Å². The molecule has 1 aromatic heterocycles. The van der Waals surface area contributed by atoms with Crippen LogP contribution in [-0.4, -0.2) is 11.5 Å². The van der Waals surface area contributed by atoms with Crippen LogP contribution >= 0.6 is 11.6 Å². The highest BCUT2D eigenvalue weighted by Gasteiger charge is 1.98. The van der Waals surface area contributed by atoms with E-state index in [0.29, 0.717) is 0 Å². The molecule has 0 fully saturated rings. The van der Waals surface area contributed by atoms with Crippen LogP contribution in [0.25, 0.3) is 0 Å². The summed E-state index contributed by atoms with van der Waals surface area (Å²) in [5.41, 5.74) is 3.60. The summed E-state index contributed by atoms with van der Waals surface area (Å²) >= 11 is 6.09. The normalized spacial score (nSPS) is 10.6. The molecule has 1 N–H and O–H groups in total. The fourth-order valence-electron chi connectivity index (χ4n) is 1.76. The standard InChI is InChI=1S/C15H17ClN2/c1-12-4-5-14(9-15(12)16)11-18-8-6-13-3-2-7-17-10-13/h2-5,7,9-10,18H,6,8,11H2,1H3. The Morgan fingerprint density at radius 3 is 2.83 bits per heavy atom. The van der Waals surface area contributed by atoms with Crippen LogP contribution in [-0.2, 0) is 13.0 Å². The number of benzene rings is 1. The number of nitrogens with one attached hydrogen (secondary N) is 1. The van der Waals surface area contributed by atoms with E-state index in [-0.39, 0.29) is 0 Å². The fraction of sp³-hybridized carbons (Fsp3) is 0.267. The number of rotatable bonds is 5. The average molecular weight is 261 g/mol. The molecule has 0 aliphatic rings. The Hall–Kier alpha value is -1.38. The van der Waals surface area contributed by atoms with Gasteiger partial charge in [-0.2, -0.15) is 0 Å². The van der Waals surface area contributed by atoms with Gasteiger partial charge in [-0.3, -0.25) is 4.98 Å². The molecule has 94 valence electrons. The van der Waals surface area contributed by atoms with Crippen molar-refractivity contribution in [3.05, 3.63) is 64.4 Å². The summed E-state index contributed by atoms with van der Waals surface area (Å²) in [5.74, 6) is 0. The van der Waals surface area contributed by atoms with E-state index in [1.807, 2.05) is 25.3 Å². The van der Waals surface area contributed by atoms with Crippen molar-refractivity contribution in [3.8, 4) is 0 Å². The molecule has 1 heterocycles. The van der Waals surface area contributed by atoms with Gasteiger partial charge in [0.25, 0.3) is 0 Å². The van der Waals surface area contributed by atoms with Gasteiger partial charge in [0.15, 0.2) is 0 Å². The minimum Gasteiger partial charge on any atom is -0.312 e. The average Bonchev–Trinajstić information content (AvgIpc) is 2.40. The number of pyridine rings is 1. The molecule has 0 saturated carbocycles. The second kappa shape index (κ2) is 6.53. The second-order valence-electron chi connectivity index (χ2n) is 4.37. The summed E-state index contributed by atoms with van der Waals surface area (Å²) in [4.78, 5) is 4.10. The van der Waals surface area contributed by atoms with Crippen LogP contribution < -0.4 is 5.32 Å². The Morgan fingerprint density at radius 1 is 1.22 bits per heavy atom. The lowest BCUT2D eigenvalue weighted by atomic mass is 10.1. The minimum atomic E-state index is 0.835. The highest BCUT2D eigenvalue weighted by Crippen LogP contribution is 2.16. The van der Waals surface area contributed by atoms with Crippen LogP contribution in [0, 0.1) is 6.92 Å². The maximum Gasteiger partial charge on any atom is 0.0438 e. The molecule has 2 rings (SSSR count). The molecule has 2 aromatic rings. The second-order valence-corrected chi connectivity index (χ2v) is 4.78. The largest absolute Gasteiger partial charge is 0.312 e. The molecule has 2 nitrogen and oxygen atoms in total. The Bertz CT molecular complexity index is 497. The molecule has 3 heteroatoms. The van der Waals surface area contributed by atoms with E-state index >= 15 is 0 Å². The number of hydrogen-bond donors (Lipinski definition) is 1. The number of aryl methyl sites for hydroxylation is 1. The molecule has 0 aliphatic carbocycles. The van der Waals surface area contributed by atoms with Crippen LogP contribution in [0.2, 0.25) is 5.02 Å². The van der Waals surface area contributed by atoms with Crippen molar-refractivity contribution in [1.29, 1.82) is 0 Å². The van der Waals surface area contributed by atoms with E-state index in [0.717, 1.165) is 30.1 Å². The molecule has 0 aliphatic heterocycles.